The van der Waals surface area contributed by atoms with Crippen LogP contribution in [-0.2, 0) is 9.59 Å². The van der Waals surface area contributed by atoms with Gasteiger partial charge in [0.25, 0.3) is 11.8 Å². The lowest BCUT2D eigenvalue weighted by atomic mass is 10.1. The van der Waals surface area contributed by atoms with Gasteiger partial charge >= 0.3 is 0 Å². The van der Waals surface area contributed by atoms with E-state index in [9.17, 15) is 18.8 Å². The summed E-state index contributed by atoms with van der Waals surface area (Å²) in [5, 5.41) is 8.87. The van der Waals surface area contributed by atoms with Crippen molar-refractivity contribution in [2.24, 2.45) is 0 Å². The summed E-state index contributed by atoms with van der Waals surface area (Å²) < 4.78 is 13.4. The summed E-state index contributed by atoms with van der Waals surface area (Å²) in [5.41, 5.74) is 3.21. The number of thioether (sulfide) groups is 1. The number of aryl methyl sites for hydroxylation is 1. The highest BCUT2D eigenvalue weighted by Crippen LogP contribution is 2.30. The highest BCUT2D eigenvalue weighted by atomic mass is 32.2. The highest BCUT2D eigenvalue weighted by Gasteiger charge is 2.16. The van der Waals surface area contributed by atoms with Gasteiger partial charge in [-0.25, -0.2) is 9.37 Å². The van der Waals surface area contributed by atoms with Crippen LogP contribution in [0.3, 0.4) is 0 Å². The van der Waals surface area contributed by atoms with E-state index in [-0.39, 0.29) is 17.4 Å². The maximum Gasteiger partial charge on any atom is 0.272 e. The zero-order chi connectivity index (χ0) is 30.9. The first kappa shape index (κ1) is 30.4. The second kappa shape index (κ2) is 14.4. The van der Waals surface area contributed by atoms with E-state index in [0.29, 0.717) is 21.9 Å². The van der Waals surface area contributed by atoms with Crippen LogP contribution in [0.25, 0.3) is 17.3 Å². The molecular formula is C34H27FN4O3S2. The van der Waals surface area contributed by atoms with E-state index in [2.05, 4.69) is 20.9 Å². The molecule has 1 aromatic heterocycles. The number of anilines is 2. The minimum atomic E-state index is -0.563. The number of nitrogens with one attached hydrogen (secondary N) is 3. The molecule has 3 N–H and O–H groups in total. The molecule has 5 aromatic rings. The van der Waals surface area contributed by atoms with Crippen LogP contribution < -0.4 is 16.0 Å². The van der Waals surface area contributed by atoms with Gasteiger partial charge in [-0.3, -0.25) is 14.4 Å². The molecule has 0 aliphatic rings. The Morgan fingerprint density at radius 3 is 2.30 bits per heavy atom. The van der Waals surface area contributed by atoms with Crippen LogP contribution in [0.2, 0.25) is 0 Å². The monoisotopic (exact) mass is 622 g/mol. The second-order valence-corrected chi connectivity index (χ2v) is 11.8. The van der Waals surface area contributed by atoms with Gasteiger partial charge in [-0.15, -0.1) is 23.1 Å². The molecule has 0 aliphatic heterocycles. The number of hydrogen-bond donors (Lipinski definition) is 3. The molecule has 0 fully saturated rings. The first-order chi connectivity index (χ1) is 21.3. The van der Waals surface area contributed by atoms with Crippen LogP contribution in [0, 0.1) is 12.7 Å². The van der Waals surface area contributed by atoms with E-state index in [4.69, 9.17) is 0 Å². The molecule has 7 nitrogen and oxygen atoms in total. The van der Waals surface area contributed by atoms with E-state index < -0.39 is 17.6 Å². The quantitative estimate of drug-likeness (QED) is 0.111. The lowest BCUT2D eigenvalue weighted by Crippen LogP contribution is -2.30. The summed E-state index contributed by atoms with van der Waals surface area (Å²) in [6.45, 7) is 1.97. The fourth-order valence-electron chi connectivity index (χ4n) is 4.15. The number of amides is 3. The number of rotatable bonds is 10. The SMILES string of the molecule is Cc1sc(NC(=O)CSc2cccc(NC(=O)/C(=C/c3ccc(F)cc3)NC(=O)c3ccccc3)c2)nc1-c1ccccc1. The Bertz CT molecular complexity index is 1810. The number of benzene rings is 4. The Kier molecular flexibility index (Phi) is 9.96. The average Bonchev–Trinajstić information content (AvgIpc) is 3.41. The van der Waals surface area contributed by atoms with Gasteiger partial charge in [0.05, 0.1) is 11.4 Å². The van der Waals surface area contributed by atoms with Crippen molar-refractivity contribution < 1.29 is 18.8 Å². The number of hydrogen-bond acceptors (Lipinski definition) is 6. The zero-order valence-corrected chi connectivity index (χ0v) is 25.2. The first-order valence-corrected chi connectivity index (χ1v) is 15.3. The standard InChI is InChI=1S/C34H27FN4O3S2/c1-22-31(24-9-4-2-5-10-24)39-34(44-22)38-30(40)21-43-28-14-8-13-27(20-28)36-33(42)29(19-23-15-17-26(35)18-16-23)37-32(41)25-11-6-3-7-12-25/h2-20H,21H2,1H3,(H,36,42)(H,37,41)(H,38,39,40)/b29-19-. The van der Waals surface area contributed by atoms with E-state index in [1.54, 1.807) is 48.5 Å². The average molecular weight is 623 g/mol. The first-order valence-electron chi connectivity index (χ1n) is 13.5. The maximum atomic E-state index is 13.4. The fraction of sp³-hybridized carbons (Fsp3) is 0.0588. The van der Waals surface area contributed by atoms with E-state index >= 15 is 0 Å². The van der Waals surface area contributed by atoms with Crippen molar-refractivity contribution in [1.29, 1.82) is 0 Å². The Morgan fingerprint density at radius 2 is 1.57 bits per heavy atom. The van der Waals surface area contributed by atoms with Gasteiger partial charge in [0, 0.05) is 26.6 Å². The molecule has 0 atom stereocenters. The molecule has 44 heavy (non-hydrogen) atoms. The molecule has 0 spiro atoms. The number of aromatic nitrogens is 1. The number of thiazole rings is 1. The Labute approximate surface area is 262 Å². The molecule has 0 saturated carbocycles. The van der Waals surface area contributed by atoms with Crippen molar-refractivity contribution in [3.05, 3.63) is 137 Å². The summed E-state index contributed by atoms with van der Waals surface area (Å²) in [7, 11) is 0. The van der Waals surface area contributed by atoms with Crippen LogP contribution in [0.4, 0.5) is 15.2 Å². The normalized spacial score (nSPS) is 11.1. The lowest BCUT2D eigenvalue weighted by Gasteiger charge is -2.12. The summed E-state index contributed by atoms with van der Waals surface area (Å²) >= 11 is 2.73. The second-order valence-electron chi connectivity index (χ2n) is 9.54. The smallest absolute Gasteiger partial charge is 0.272 e. The van der Waals surface area contributed by atoms with Crippen molar-refractivity contribution in [3.63, 3.8) is 0 Å². The third kappa shape index (κ3) is 8.27. The summed E-state index contributed by atoms with van der Waals surface area (Å²) in [6, 6.07) is 30.9. The minimum Gasteiger partial charge on any atom is -0.321 e. The molecular weight excluding hydrogens is 596 g/mol. The predicted molar refractivity (Wildman–Crippen MR) is 175 cm³/mol. The number of carbonyl (C=O) groups is 3. The van der Waals surface area contributed by atoms with E-state index in [0.717, 1.165) is 21.0 Å². The largest absolute Gasteiger partial charge is 0.321 e. The van der Waals surface area contributed by atoms with Crippen molar-refractivity contribution >= 4 is 57.7 Å². The molecule has 5 rings (SSSR count). The molecule has 0 bridgehead atoms. The minimum absolute atomic E-state index is 0.0171. The van der Waals surface area contributed by atoms with Crippen LogP contribution in [-0.4, -0.2) is 28.5 Å². The molecule has 220 valence electrons. The highest BCUT2D eigenvalue weighted by molar-refractivity contribution is 8.00. The van der Waals surface area contributed by atoms with Crippen LogP contribution >= 0.6 is 23.1 Å². The number of carbonyl (C=O) groups excluding carboxylic acids is 3. The van der Waals surface area contributed by atoms with Gasteiger partial charge in [-0.05, 0) is 61.0 Å². The molecule has 3 amide bonds. The van der Waals surface area contributed by atoms with Crippen molar-refractivity contribution in [2.75, 3.05) is 16.4 Å². The van der Waals surface area contributed by atoms with E-state index in [1.165, 1.54) is 53.4 Å². The zero-order valence-electron chi connectivity index (χ0n) is 23.5. The lowest BCUT2D eigenvalue weighted by molar-refractivity contribution is -0.114. The molecule has 0 aliphatic carbocycles. The topological polar surface area (TPSA) is 100 Å². The van der Waals surface area contributed by atoms with Gasteiger partial charge in [-0.1, -0.05) is 66.7 Å². The molecule has 0 unspecified atom stereocenters. The van der Waals surface area contributed by atoms with Gasteiger partial charge in [-0.2, -0.15) is 0 Å². The molecule has 4 aromatic carbocycles. The number of nitrogens with zero attached hydrogens (tertiary/aromatic N) is 1. The van der Waals surface area contributed by atoms with Crippen molar-refractivity contribution in [3.8, 4) is 11.3 Å². The van der Waals surface area contributed by atoms with Crippen LogP contribution in [0.15, 0.2) is 120 Å². The number of halogens is 1. The van der Waals surface area contributed by atoms with Gasteiger partial charge in [0.15, 0.2) is 5.13 Å². The third-order valence-electron chi connectivity index (χ3n) is 6.26. The third-order valence-corrected chi connectivity index (χ3v) is 8.14. The van der Waals surface area contributed by atoms with Crippen molar-refractivity contribution in [1.82, 2.24) is 10.3 Å². The molecule has 10 heteroatoms. The Morgan fingerprint density at radius 1 is 0.864 bits per heavy atom. The molecule has 1 heterocycles. The van der Waals surface area contributed by atoms with Gasteiger partial charge in [0.1, 0.15) is 11.5 Å². The van der Waals surface area contributed by atoms with E-state index in [1.807, 2.05) is 43.3 Å². The molecule has 0 radical (unpaired) electrons. The maximum absolute atomic E-state index is 13.4. The Balaban J connectivity index is 1.23. The Hall–Kier alpha value is -5.06. The van der Waals surface area contributed by atoms with Crippen LogP contribution in [0.1, 0.15) is 20.8 Å². The summed E-state index contributed by atoms with van der Waals surface area (Å²) in [6.07, 6.45) is 1.47. The molecule has 0 saturated heterocycles. The van der Waals surface area contributed by atoms with Gasteiger partial charge in [0.2, 0.25) is 5.91 Å². The van der Waals surface area contributed by atoms with Crippen molar-refractivity contribution in [2.45, 2.75) is 11.8 Å². The predicted octanol–water partition coefficient (Wildman–Crippen LogP) is 7.40. The van der Waals surface area contributed by atoms with Crippen LogP contribution in [0.5, 0.6) is 0 Å². The van der Waals surface area contributed by atoms with Gasteiger partial charge < -0.3 is 16.0 Å². The summed E-state index contributed by atoms with van der Waals surface area (Å²) in [5.74, 6) is -1.50. The fourth-order valence-corrected chi connectivity index (χ4v) is 5.76. The summed E-state index contributed by atoms with van der Waals surface area (Å²) in [4.78, 5) is 45.2.